The number of carbonyl (C=O) groups excluding carboxylic acids is 6. The van der Waals surface area contributed by atoms with Gasteiger partial charge in [0.15, 0.2) is 0 Å². The lowest BCUT2D eigenvalue weighted by Crippen LogP contribution is -2.58. The van der Waals surface area contributed by atoms with Gasteiger partial charge >= 0.3 is 6.03 Å². The number of hydrogen-bond donors (Lipinski definition) is 1. The van der Waals surface area contributed by atoms with E-state index in [0.717, 1.165) is 42.8 Å². The Hall–Kier alpha value is -5.71. The molecule has 0 unspecified atom stereocenters. The van der Waals surface area contributed by atoms with E-state index in [4.69, 9.17) is 9.47 Å². The third-order valence-electron chi connectivity index (χ3n) is 15.2. The van der Waals surface area contributed by atoms with E-state index < -0.39 is 27.1 Å². The summed E-state index contributed by atoms with van der Waals surface area (Å²) in [6.45, 7) is 16.9. The van der Waals surface area contributed by atoms with Crippen LogP contribution in [0.25, 0.3) is 21.8 Å². The Morgan fingerprint density at radius 2 is 1.14 bits per heavy atom. The van der Waals surface area contributed by atoms with Crippen molar-refractivity contribution in [2.24, 2.45) is 5.41 Å². The fraction of sp³-hybridized carbons (Fsp3) is 0.404. The number of anilines is 2. The topological polar surface area (TPSA) is 158 Å². The molecule has 10 rings (SSSR count). The lowest BCUT2D eigenvalue weighted by molar-refractivity contribution is -0.130. The number of nitrogens with zero attached hydrogens (tertiary/aromatic N) is 6. The minimum atomic E-state index is -1.34. The number of H-pyrrole nitrogens is 1. The van der Waals surface area contributed by atoms with Gasteiger partial charge in [-0.15, -0.1) is 0 Å². The molecule has 4 aliphatic heterocycles. The number of ether oxygens (including phenoxy) is 2. The van der Waals surface area contributed by atoms with E-state index in [1.807, 2.05) is 89.5 Å². The van der Waals surface area contributed by atoms with Crippen molar-refractivity contribution in [2.75, 3.05) is 55.9 Å². The number of carbonyl (C=O) groups is 6. The monoisotopic (exact) mass is 1190 g/mol. The lowest BCUT2D eigenvalue weighted by atomic mass is 9.77. The van der Waals surface area contributed by atoms with E-state index in [2.05, 4.69) is 76.1 Å². The minimum Gasteiger partial charge on any atom is -0.361 e. The zero-order chi connectivity index (χ0) is 54.2. The molecule has 0 atom stereocenters. The Balaban J connectivity index is 0.000000202. The Kier molecular flexibility index (Phi) is 16.2. The average molecular weight is 1190 g/mol. The highest BCUT2D eigenvalue weighted by Gasteiger charge is 2.59. The van der Waals surface area contributed by atoms with Crippen LogP contribution in [0.5, 0.6) is 0 Å². The molecule has 0 aliphatic carbocycles. The van der Waals surface area contributed by atoms with E-state index in [-0.39, 0.29) is 55.4 Å². The van der Waals surface area contributed by atoms with Gasteiger partial charge in [0, 0.05) is 87.2 Å². The van der Waals surface area contributed by atoms with Crippen molar-refractivity contribution >= 4 is 117 Å². The molecule has 0 bridgehead atoms. The molecule has 4 aliphatic rings. The standard InChI is InChI=1S/C34H47BrN4O5Si2.C23H20BrN3O3/c1-45(2,3)21-19-43-24-37-29-14-10-13-28(35)27(29)23-30(37)31(40)36-17-15-34(16-18-36)32(41)39(26-11-8-7-9-12-26)33(42)38(34)25-44-20-22-46(4,5)6;24-17-7-4-8-18-16(17)13-19(25-18)21(29)26-11-9-23(10-12-26)14-20(28)27(22(23)30)15-5-2-1-3-6-15/h7-14,23H,15-22,24-25H2,1-6H3;1-8,13,25H,9-12,14H2. The Labute approximate surface area is 463 Å². The third kappa shape index (κ3) is 11.3. The van der Waals surface area contributed by atoms with Gasteiger partial charge in [0.1, 0.15) is 30.4 Å². The van der Waals surface area contributed by atoms with E-state index in [1.165, 1.54) is 9.80 Å². The first kappa shape index (κ1) is 55.1. The van der Waals surface area contributed by atoms with Crippen LogP contribution in [0.1, 0.15) is 53.1 Å². The normalized spacial score (nSPS) is 17.7. The summed E-state index contributed by atoms with van der Waals surface area (Å²) in [7, 11) is -2.60. The van der Waals surface area contributed by atoms with Crippen LogP contribution < -0.4 is 9.80 Å². The molecule has 2 aromatic heterocycles. The van der Waals surface area contributed by atoms with Gasteiger partial charge < -0.3 is 28.8 Å². The van der Waals surface area contributed by atoms with E-state index >= 15 is 0 Å². The summed E-state index contributed by atoms with van der Waals surface area (Å²) < 4.78 is 16.0. The SMILES string of the molecule is C[Si](C)(C)CCOCN1C(=O)N(c2ccccc2)C(=O)C12CCN(C(=O)c1cc3c(Br)cccc3n1COCC[Si](C)(C)C)CC2.O=C(c1cc2c(Br)cccc2[nH]1)N1CCC2(CC1)CC(=O)N(c1ccccc1)C2=O. The average Bonchev–Trinajstić information content (AvgIpc) is 4.11. The number of aromatic amines is 1. The predicted octanol–water partition coefficient (Wildman–Crippen LogP) is 11.6. The molecule has 15 nitrogen and oxygen atoms in total. The van der Waals surface area contributed by atoms with Gasteiger partial charge in [-0.2, -0.15) is 0 Å². The molecule has 4 aromatic carbocycles. The summed E-state index contributed by atoms with van der Waals surface area (Å²) in [5, 5.41) is 1.91. The van der Waals surface area contributed by atoms with E-state index in [9.17, 15) is 28.8 Å². The molecule has 400 valence electrons. The molecule has 4 saturated heterocycles. The van der Waals surface area contributed by atoms with Crippen LogP contribution in [0.15, 0.2) is 118 Å². The largest absolute Gasteiger partial charge is 0.361 e. The van der Waals surface area contributed by atoms with Crippen molar-refractivity contribution in [3.8, 4) is 0 Å². The van der Waals surface area contributed by atoms with E-state index in [0.29, 0.717) is 87.8 Å². The van der Waals surface area contributed by atoms with Crippen LogP contribution in [-0.4, -0.2) is 128 Å². The van der Waals surface area contributed by atoms with Crippen LogP contribution in [0.3, 0.4) is 0 Å². The van der Waals surface area contributed by atoms with Crippen LogP contribution in [0.2, 0.25) is 51.4 Å². The maximum atomic E-state index is 14.2. The number of nitrogens with one attached hydrogen (secondary N) is 1. The maximum absolute atomic E-state index is 14.2. The van der Waals surface area contributed by atoms with Crippen molar-refractivity contribution in [2.45, 2.75) is 95.7 Å². The maximum Gasteiger partial charge on any atom is 0.334 e. The number of likely N-dealkylation sites (tertiary alicyclic amines) is 2. The number of halogens is 2. The van der Waals surface area contributed by atoms with Crippen LogP contribution >= 0.6 is 31.9 Å². The van der Waals surface area contributed by atoms with Crippen molar-refractivity contribution in [1.82, 2.24) is 24.3 Å². The Morgan fingerprint density at radius 1 is 0.605 bits per heavy atom. The molecule has 7 amide bonds. The fourth-order valence-corrected chi connectivity index (χ4v) is 13.1. The molecule has 19 heteroatoms. The summed E-state index contributed by atoms with van der Waals surface area (Å²) in [5.41, 5.74) is 2.30. The number of imide groups is 2. The summed E-state index contributed by atoms with van der Waals surface area (Å²) in [5.74, 6) is -0.740. The van der Waals surface area contributed by atoms with Crippen LogP contribution in [0.4, 0.5) is 16.2 Å². The predicted molar refractivity (Wildman–Crippen MR) is 309 cm³/mol. The molecule has 0 radical (unpaired) electrons. The first-order chi connectivity index (χ1) is 36.2. The molecular formula is C57H67Br2N7O8Si2. The number of para-hydroxylation sites is 2. The molecule has 0 saturated carbocycles. The first-order valence-corrected chi connectivity index (χ1v) is 35.1. The molecule has 76 heavy (non-hydrogen) atoms. The molecule has 6 aromatic rings. The number of amides is 7. The highest BCUT2D eigenvalue weighted by atomic mass is 79.9. The van der Waals surface area contributed by atoms with Gasteiger partial charge in [0.05, 0.1) is 22.3 Å². The number of urea groups is 1. The number of hydrogen-bond acceptors (Lipinski definition) is 8. The fourth-order valence-electron chi connectivity index (χ4n) is 10.6. The molecule has 6 heterocycles. The van der Waals surface area contributed by atoms with Crippen molar-refractivity contribution in [3.05, 3.63) is 130 Å². The second-order valence-electron chi connectivity index (χ2n) is 22.8. The zero-order valence-corrected chi connectivity index (χ0v) is 49.4. The molecule has 1 N–H and O–H groups in total. The van der Waals surface area contributed by atoms with Gasteiger partial charge in [0.2, 0.25) is 11.8 Å². The Morgan fingerprint density at radius 3 is 1.74 bits per heavy atom. The number of benzene rings is 4. The zero-order valence-electron chi connectivity index (χ0n) is 44.2. The Bertz CT molecular complexity index is 3160. The van der Waals surface area contributed by atoms with Crippen molar-refractivity contribution < 1.29 is 38.2 Å². The van der Waals surface area contributed by atoms with Gasteiger partial charge in [-0.3, -0.25) is 33.8 Å². The second-order valence-corrected chi connectivity index (χ2v) is 35.8. The summed E-state index contributed by atoms with van der Waals surface area (Å²) in [6.07, 6.45) is 1.87. The highest BCUT2D eigenvalue weighted by Crippen LogP contribution is 2.45. The summed E-state index contributed by atoms with van der Waals surface area (Å²) in [4.78, 5) is 92.0. The summed E-state index contributed by atoms with van der Waals surface area (Å²) >= 11 is 7.17. The van der Waals surface area contributed by atoms with Crippen LogP contribution in [-0.2, 0) is 30.6 Å². The lowest BCUT2D eigenvalue weighted by Gasteiger charge is -2.42. The van der Waals surface area contributed by atoms with E-state index in [1.54, 1.807) is 39.0 Å². The van der Waals surface area contributed by atoms with Gasteiger partial charge in [-0.05, 0) is 98.4 Å². The number of aromatic nitrogens is 2. The second kappa shape index (κ2) is 22.3. The van der Waals surface area contributed by atoms with Gasteiger partial charge in [0.25, 0.3) is 17.7 Å². The quantitative estimate of drug-likeness (QED) is 0.0489. The van der Waals surface area contributed by atoms with Crippen molar-refractivity contribution in [1.29, 1.82) is 0 Å². The number of piperidine rings is 2. The molecular weight excluding hydrogens is 1130 g/mol. The number of fused-ring (bicyclic) bond motifs is 2. The van der Waals surface area contributed by atoms with Gasteiger partial charge in [-0.1, -0.05) is 120 Å². The highest BCUT2D eigenvalue weighted by molar-refractivity contribution is 9.11. The smallest absolute Gasteiger partial charge is 0.334 e. The molecule has 2 spiro atoms. The third-order valence-corrected chi connectivity index (χ3v) is 20.0. The molecule has 4 fully saturated rings. The minimum absolute atomic E-state index is 0.0450. The van der Waals surface area contributed by atoms with Crippen LogP contribution in [0, 0.1) is 5.41 Å². The van der Waals surface area contributed by atoms with Gasteiger partial charge in [-0.25, -0.2) is 9.69 Å². The first-order valence-electron chi connectivity index (χ1n) is 26.1. The summed E-state index contributed by atoms with van der Waals surface area (Å²) in [6, 6.07) is 35.3. The van der Waals surface area contributed by atoms with Crippen molar-refractivity contribution in [3.63, 3.8) is 0 Å². The number of rotatable bonds is 14.